The van der Waals surface area contributed by atoms with Crippen molar-refractivity contribution >= 4 is 27.6 Å². The first-order valence-electron chi connectivity index (χ1n) is 7.43. The van der Waals surface area contributed by atoms with Crippen molar-refractivity contribution in [3.63, 3.8) is 0 Å². The van der Waals surface area contributed by atoms with E-state index in [1.807, 2.05) is 12.1 Å². The van der Waals surface area contributed by atoms with Crippen molar-refractivity contribution in [1.82, 2.24) is 0 Å². The van der Waals surface area contributed by atoms with Crippen LogP contribution in [0.15, 0.2) is 22.7 Å². The summed E-state index contributed by atoms with van der Waals surface area (Å²) >= 11 is 3.38. The molecule has 108 valence electrons. The smallest absolute Gasteiger partial charge is 0.338 e. The fraction of sp³-hybridized carbons (Fsp3) is 0.562. The van der Waals surface area contributed by atoms with Crippen LogP contribution in [0.3, 0.4) is 0 Å². The van der Waals surface area contributed by atoms with E-state index in [4.69, 9.17) is 0 Å². The zero-order chi connectivity index (χ0) is 14.1. The average molecular weight is 338 g/mol. The van der Waals surface area contributed by atoms with E-state index in [-0.39, 0.29) is 0 Å². The summed E-state index contributed by atoms with van der Waals surface area (Å²) in [7, 11) is 0. The molecule has 0 radical (unpaired) electrons. The minimum Gasteiger partial charge on any atom is -0.478 e. The maximum absolute atomic E-state index is 11.5. The minimum absolute atomic E-state index is 0.404. The molecular weight excluding hydrogens is 318 g/mol. The molecule has 4 heteroatoms. The number of halogens is 1. The predicted octanol–water partition coefficient (Wildman–Crippen LogP) is 4.16. The Bertz CT molecular complexity index is 517. The first kappa shape index (κ1) is 13.9. The molecule has 1 heterocycles. The Balaban J connectivity index is 1.86. The van der Waals surface area contributed by atoms with Crippen LogP contribution in [0.4, 0.5) is 5.69 Å². The molecule has 0 amide bonds. The van der Waals surface area contributed by atoms with Gasteiger partial charge in [-0.3, -0.25) is 0 Å². The number of carboxylic acid groups (broad SMARTS) is 1. The number of rotatable bonds is 2. The lowest BCUT2D eigenvalue weighted by atomic mass is 9.75. The molecule has 1 aromatic carbocycles. The molecular formula is C16H20BrNO2. The molecule has 1 saturated carbocycles. The van der Waals surface area contributed by atoms with Crippen molar-refractivity contribution < 1.29 is 9.90 Å². The van der Waals surface area contributed by atoms with Crippen molar-refractivity contribution in [3.8, 4) is 0 Å². The van der Waals surface area contributed by atoms with Gasteiger partial charge >= 0.3 is 5.97 Å². The Morgan fingerprint density at radius 1 is 1.20 bits per heavy atom. The predicted molar refractivity (Wildman–Crippen MR) is 83.4 cm³/mol. The Morgan fingerprint density at radius 3 is 2.70 bits per heavy atom. The summed E-state index contributed by atoms with van der Waals surface area (Å²) < 4.78 is 0.674. The van der Waals surface area contributed by atoms with Gasteiger partial charge in [0.25, 0.3) is 0 Å². The summed E-state index contributed by atoms with van der Waals surface area (Å²) in [5.41, 5.74) is 1.28. The number of nitrogens with zero attached hydrogens (tertiary/aromatic N) is 1. The van der Waals surface area contributed by atoms with E-state index < -0.39 is 5.97 Å². The highest BCUT2D eigenvalue weighted by atomic mass is 79.9. The number of hydrogen-bond donors (Lipinski definition) is 1. The fourth-order valence-electron chi connectivity index (χ4n) is 3.81. The van der Waals surface area contributed by atoms with E-state index in [1.165, 1.54) is 32.1 Å². The monoisotopic (exact) mass is 337 g/mol. The van der Waals surface area contributed by atoms with Gasteiger partial charge in [0.1, 0.15) is 0 Å². The normalized spacial score (nSPS) is 26.1. The zero-order valence-electron chi connectivity index (χ0n) is 11.5. The number of hydrogen-bond acceptors (Lipinski definition) is 2. The van der Waals surface area contributed by atoms with E-state index >= 15 is 0 Å². The summed E-state index contributed by atoms with van der Waals surface area (Å²) in [4.78, 5) is 13.8. The number of anilines is 1. The Hall–Kier alpha value is -1.03. The van der Waals surface area contributed by atoms with Crippen LogP contribution in [-0.2, 0) is 0 Å². The van der Waals surface area contributed by atoms with Crippen LogP contribution in [0.25, 0.3) is 0 Å². The van der Waals surface area contributed by atoms with E-state index in [9.17, 15) is 9.90 Å². The van der Waals surface area contributed by atoms with Crippen molar-refractivity contribution in [2.75, 3.05) is 18.0 Å². The highest BCUT2D eigenvalue weighted by molar-refractivity contribution is 9.10. The zero-order valence-corrected chi connectivity index (χ0v) is 13.1. The molecule has 2 aliphatic rings. The number of carboxylic acids is 1. The number of piperidine rings is 1. The number of benzene rings is 1. The van der Waals surface area contributed by atoms with E-state index in [0.29, 0.717) is 10.0 Å². The lowest BCUT2D eigenvalue weighted by molar-refractivity contribution is 0.0696. The second-order valence-electron chi connectivity index (χ2n) is 5.98. The lowest BCUT2D eigenvalue weighted by Crippen LogP contribution is -2.42. The van der Waals surface area contributed by atoms with Gasteiger partial charge in [-0.15, -0.1) is 0 Å². The van der Waals surface area contributed by atoms with Gasteiger partial charge < -0.3 is 10.0 Å². The van der Waals surface area contributed by atoms with Gasteiger partial charge in [-0.25, -0.2) is 4.79 Å². The standard InChI is InChI=1S/C16H20BrNO2/c17-13-6-3-7-14(15(13)16(19)20)18-9-8-11-4-1-2-5-12(11)10-18/h3,6-7,11-12H,1-2,4-5,8-10H2,(H,19,20). The van der Waals surface area contributed by atoms with Crippen LogP contribution in [0.2, 0.25) is 0 Å². The Labute approximate surface area is 128 Å². The van der Waals surface area contributed by atoms with Crippen molar-refractivity contribution in [2.45, 2.75) is 32.1 Å². The largest absolute Gasteiger partial charge is 0.478 e. The third-order valence-electron chi connectivity index (χ3n) is 4.84. The summed E-state index contributed by atoms with van der Waals surface area (Å²) in [5, 5.41) is 9.45. The molecule has 0 spiro atoms. The molecule has 3 rings (SSSR count). The SMILES string of the molecule is O=C(O)c1c(Br)cccc1N1CCC2CCCCC2C1. The van der Waals surface area contributed by atoms with Gasteiger partial charge in [-0.05, 0) is 52.7 Å². The fourth-order valence-corrected chi connectivity index (χ4v) is 4.33. The Kier molecular flexibility index (Phi) is 4.01. The minimum atomic E-state index is -0.849. The highest BCUT2D eigenvalue weighted by Gasteiger charge is 2.32. The van der Waals surface area contributed by atoms with Crippen molar-refractivity contribution in [3.05, 3.63) is 28.2 Å². The molecule has 1 aliphatic carbocycles. The third kappa shape index (κ3) is 2.58. The van der Waals surface area contributed by atoms with Gasteiger partial charge in [-0.1, -0.05) is 25.3 Å². The maximum Gasteiger partial charge on any atom is 0.338 e. The summed E-state index contributed by atoms with van der Waals surface area (Å²) in [6.07, 6.45) is 6.58. The van der Waals surface area contributed by atoms with E-state index in [1.54, 1.807) is 6.07 Å². The summed E-state index contributed by atoms with van der Waals surface area (Å²) in [5.74, 6) is 0.761. The number of fused-ring (bicyclic) bond motifs is 1. The van der Waals surface area contributed by atoms with Gasteiger partial charge in [0, 0.05) is 17.6 Å². The van der Waals surface area contributed by atoms with Crippen LogP contribution in [0.5, 0.6) is 0 Å². The Morgan fingerprint density at radius 2 is 1.95 bits per heavy atom. The van der Waals surface area contributed by atoms with Crippen LogP contribution in [0, 0.1) is 11.8 Å². The molecule has 2 fully saturated rings. The molecule has 0 aromatic heterocycles. The first-order chi connectivity index (χ1) is 9.66. The summed E-state index contributed by atoms with van der Waals surface area (Å²) in [6.45, 7) is 2.00. The molecule has 1 saturated heterocycles. The lowest BCUT2D eigenvalue weighted by Gasteiger charge is -2.42. The molecule has 2 atom stereocenters. The molecule has 2 unspecified atom stereocenters. The van der Waals surface area contributed by atoms with Crippen molar-refractivity contribution in [2.24, 2.45) is 11.8 Å². The molecule has 3 nitrogen and oxygen atoms in total. The van der Waals surface area contributed by atoms with E-state index in [0.717, 1.165) is 30.6 Å². The second kappa shape index (κ2) is 5.76. The van der Waals surface area contributed by atoms with Gasteiger partial charge in [-0.2, -0.15) is 0 Å². The van der Waals surface area contributed by atoms with Crippen LogP contribution in [0.1, 0.15) is 42.5 Å². The van der Waals surface area contributed by atoms with Gasteiger partial charge in [0.15, 0.2) is 0 Å². The van der Waals surface area contributed by atoms with Gasteiger partial charge in [0.05, 0.1) is 11.3 Å². The summed E-state index contributed by atoms with van der Waals surface area (Å²) in [6, 6.07) is 5.68. The molecule has 1 aliphatic heterocycles. The molecule has 1 aromatic rings. The van der Waals surface area contributed by atoms with Gasteiger partial charge in [0.2, 0.25) is 0 Å². The third-order valence-corrected chi connectivity index (χ3v) is 5.50. The number of aromatic carboxylic acids is 1. The quantitative estimate of drug-likeness (QED) is 0.880. The van der Waals surface area contributed by atoms with Crippen molar-refractivity contribution in [1.29, 1.82) is 0 Å². The molecule has 0 bridgehead atoms. The highest BCUT2D eigenvalue weighted by Crippen LogP contribution is 2.39. The topological polar surface area (TPSA) is 40.5 Å². The van der Waals surface area contributed by atoms with Crippen LogP contribution in [-0.4, -0.2) is 24.2 Å². The first-order valence-corrected chi connectivity index (χ1v) is 8.23. The van der Waals surface area contributed by atoms with Crippen LogP contribution < -0.4 is 4.90 Å². The molecule has 20 heavy (non-hydrogen) atoms. The van der Waals surface area contributed by atoms with E-state index in [2.05, 4.69) is 20.8 Å². The second-order valence-corrected chi connectivity index (χ2v) is 6.83. The maximum atomic E-state index is 11.5. The average Bonchev–Trinajstić information content (AvgIpc) is 2.46. The van der Waals surface area contributed by atoms with Crippen LogP contribution >= 0.6 is 15.9 Å². The number of carbonyl (C=O) groups is 1. The molecule has 1 N–H and O–H groups in total.